The minimum Gasteiger partial charge on any atom is -0.508 e. The first-order valence-corrected chi connectivity index (χ1v) is 7.78. The summed E-state index contributed by atoms with van der Waals surface area (Å²) in [5, 5.41) is 23.1. The minimum absolute atomic E-state index is 0.192. The van der Waals surface area contributed by atoms with Crippen LogP contribution < -0.4 is 0 Å². The van der Waals surface area contributed by atoms with E-state index in [4.69, 9.17) is 4.52 Å². The van der Waals surface area contributed by atoms with E-state index in [1.165, 1.54) is 0 Å². The molecule has 3 rings (SSSR count). The first-order valence-electron chi connectivity index (χ1n) is 6.99. The molecule has 0 saturated carbocycles. The fourth-order valence-corrected chi connectivity index (χ4v) is 3.28. The number of nitriles is 1. The van der Waals surface area contributed by atoms with Crippen molar-refractivity contribution in [3.05, 3.63) is 51.4 Å². The fourth-order valence-electron chi connectivity index (χ4n) is 2.69. The van der Waals surface area contributed by atoms with E-state index in [2.05, 4.69) is 27.2 Å². The molecule has 116 valence electrons. The molecule has 2 heterocycles. The van der Waals surface area contributed by atoms with Crippen molar-refractivity contribution in [3.63, 3.8) is 0 Å². The Morgan fingerprint density at radius 2 is 1.87 bits per heavy atom. The molecule has 1 N–H and O–H groups in total. The van der Waals surface area contributed by atoms with E-state index < -0.39 is 0 Å². The van der Waals surface area contributed by atoms with Crippen molar-refractivity contribution in [2.75, 3.05) is 0 Å². The Morgan fingerprint density at radius 3 is 2.39 bits per heavy atom. The van der Waals surface area contributed by atoms with Crippen LogP contribution in [-0.4, -0.2) is 14.8 Å². The summed E-state index contributed by atoms with van der Waals surface area (Å²) < 4.78 is 7.96. The molecule has 0 fully saturated rings. The van der Waals surface area contributed by atoms with Crippen molar-refractivity contribution in [2.24, 2.45) is 0 Å². The Kier molecular flexibility index (Phi) is 3.74. The Hall–Kier alpha value is -2.52. The lowest BCUT2D eigenvalue weighted by molar-refractivity contribution is 0.393. The van der Waals surface area contributed by atoms with Crippen LogP contribution in [0.25, 0.3) is 16.9 Å². The van der Waals surface area contributed by atoms with E-state index in [1.54, 1.807) is 12.1 Å². The average Bonchev–Trinajstić information content (AvgIpc) is 2.98. The van der Waals surface area contributed by atoms with E-state index in [0.717, 1.165) is 27.0 Å². The zero-order valence-electron chi connectivity index (χ0n) is 12.9. The average molecular weight is 372 g/mol. The molecule has 0 unspecified atom stereocenters. The molecule has 0 bridgehead atoms. The van der Waals surface area contributed by atoms with Gasteiger partial charge in [-0.05, 0) is 66.5 Å². The predicted molar refractivity (Wildman–Crippen MR) is 89.6 cm³/mol. The summed E-state index contributed by atoms with van der Waals surface area (Å²) in [6.07, 6.45) is 0. The highest BCUT2D eigenvalue weighted by atomic mass is 79.9. The number of benzene rings is 1. The topological polar surface area (TPSA) is 75.0 Å². The van der Waals surface area contributed by atoms with Gasteiger partial charge in [0.15, 0.2) is 5.76 Å². The first kappa shape index (κ1) is 15.4. The molecule has 0 spiro atoms. The lowest BCUT2D eigenvalue weighted by Crippen LogP contribution is -2.02. The number of phenols is 1. The zero-order valence-corrected chi connectivity index (χ0v) is 14.5. The van der Waals surface area contributed by atoms with Crippen molar-refractivity contribution >= 4 is 15.9 Å². The lowest BCUT2D eigenvalue weighted by atomic mass is 10.1. The second-order valence-electron chi connectivity index (χ2n) is 5.30. The highest BCUT2D eigenvalue weighted by Gasteiger charge is 2.25. The van der Waals surface area contributed by atoms with Crippen molar-refractivity contribution in [1.29, 1.82) is 5.26 Å². The number of aromatic hydroxyl groups is 1. The van der Waals surface area contributed by atoms with Crippen molar-refractivity contribution in [1.82, 2.24) is 9.72 Å². The normalized spacial score (nSPS) is 10.7. The van der Waals surface area contributed by atoms with E-state index in [1.807, 2.05) is 37.5 Å². The highest BCUT2D eigenvalue weighted by Crippen LogP contribution is 2.39. The quantitative estimate of drug-likeness (QED) is 0.724. The second-order valence-corrected chi connectivity index (χ2v) is 6.10. The van der Waals surface area contributed by atoms with E-state index >= 15 is 0 Å². The molecule has 0 aliphatic rings. The molecular formula is C17H14BrN3O2. The molecule has 0 aliphatic heterocycles. The van der Waals surface area contributed by atoms with Gasteiger partial charge in [-0.2, -0.15) is 5.26 Å². The third-order valence-electron chi connectivity index (χ3n) is 3.81. The van der Waals surface area contributed by atoms with Crippen LogP contribution in [0.1, 0.15) is 22.7 Å². The van der Waals surface area contributed by atoms with Gasteiger partial charge in [-0.25, -0.2) is 0 Å². The van der Waals surface area contributed by atoms with E-state index in [-0.39, 0.29) is 5.75 Å². The van der Waals surface area contributed by atoms with Gasteiger partial charge >= 0.3 is 0 Å². The zero-order chi connectivity index (χ0) is 16.7. The molecule has 0 aliphatic carbocycles. The second kappa shape index (κ2) is 5.60. The fraction of sp³-hybridized carbons (Fsp3) is 0.176. The number of phenolic OH excluding ortho intramolecular Hbond substituents is 1. The van der Waals surface area contributed by atoms with Gasteiger partial charge in [0.2, 0.25) is 0 Å². The van der Waals surface area contributed by atoms with E-state index in [9.17, 15) is 10.4 Å². The molecule has 1 aromatic carbocycles. The van der Waals surface area contributed by atoms with Gasteiger partial charge in [0.05, 0.1) is 5.69 Å². The predicted octanol–water partition coefficient (Wildman–Crippen LogP) is 4.40. The lowest BCUT2D eigenvalue weighted by Gasteiger charge is -2.11. The Balaban J connectivity index is 2.41. The SMILES string of the molecule is Cc1noc(C)c1-n1c(C#N)c(C)c(Br)c1-c1ccc(O)cc1. The van der Waals surface area contributed by atoms with E-state index in [0.29, 0.717) is 17.1 Å². The molecule has 5 nitrogen and oxygen atoms in total. The van der Waals surface area contributed by atoms with Gasteiger partial charge in [-0.15, -0.1) is 0 Å². The molecule has 2 aromatic heterocycles. The van der Waals surface area contributed by atoms with Crippen LogP contribution >= 0.6 is 15.9 Å². The van der Waals surface area contributed by atoms with Crippen LogP contribution in [-0.2, 0) is 0 Å². The summed E-state index contributed by atoms with van der Waals surface area (Å²) in [7, 11) is 0. The Morgan fingerprint density at radius 1 is 1.22 bits per heavy atom. The Labute approximate surface area is 141 Å². The van der Waals surface area contributed by atoms with Gasteiger partial charge in [-0.1, -0.05) is 5.16 Å². The van der Waals surface area contributed by atoms with Crippen molar-refractivity contribution in [2.45, 2.75) is 20.8 Å². The number of rotatable bonds is 2. The molecular weight excluding hydrogens is 358 g/mol. The molecule has 0 radical (unpaired) electrons. The molecule has 0 amide bonds. The number of hydrogen-bond donors (Lipinski definition) is 1. The summed E-state index contributed by atoms with van der Waals surface area (Å²) in [5.41, 5.74) is 4.54. The van der Waals surface area contributed by atoms with Gasteiger partial charge in [0, 0.05) is 10.0 Å². The molecule has 0 saturated heterocycles. The van der Waals surface area contributed by atoms with Gasteiger partial charge in [0.25, 0.3) is 0 Å². The summed E-state index contributed by atoms with van der Waals surface area (Å²) >= 11 is 3.60. The number of nitrogens with zero attached hydrogens (tertiary/aromatic N) is 3. The summed E-state index contributed by atoms with van der Waals surface area (Å²) in [5.74, 6) is 0.832. The van der Waals surface area contributed by atoms with Gasteiger partial charge in [-0.3, -0.25) is 4.57 Å². The number of aryl methyl sites for hydroxylation is 2. The summed E-state index contributed by atoms with van der Waals surface area (Å²) in [4.78, 5) is 0. The van der Waals surface area contributed by atoms with Gasteiger partial charge in [0.1, 0.15) is 28.9 Å². The smallest absolute Gasteiger partial charge is 0.157 e. The molecule has 6 heteroatoms. The Bertz CT molecular complexity index is 911. The summed E-state index contributed by atoms with van der Waals surface area (Å²) in [6, 6.07) is 9.12. The molecule has 3 aromatic rings. The maximum absolute atomic E-state index is 9.63. The number of hydrogen-bond acceptors (Lipinski definition) is 4. The minimum atomic E-state index is 0.192. The standard InChI is InChI=1S/C17H14BrN3O2/c1-9-14(8-19)21(16-10(2)20-23-11(16)3)17(15(9)18)12-4-6-13(22)7-5-12/h4-7,22H,1-3H3. The van der Waals surface area contributed by atoms with Crippen LogP contribution in [0.15, 0.2) is 33.3 Å². The number of halogens is 1. The van der Waals surface area contributed by atoms with Crippen LogP contribution in [0.3, 0.4) is 0 Å². The van der Waals surface area contributed by atoms with Crippen LogP contribution in [0.2, 0.25) is 0 Å². The monoisotopic (exact) mass is 371 g/mol. The molecule has 23 heavy (non-hydrogen) atoms. The molecule has 0 atom stereocenters. The van der Waals surface area contributed by atoms with Crippen LogP contribution in [0.5, 0.6) is 5.75 Å². The van der Waals surface area contributed by atoms with Crippen LogP contribution in [0, 0.1) is 32.1 Å². The maximum atomic E-state index is 9.63. The van der Waals surface area contributed by atoms with Crippen molar-refractivity contribution in [3.8, 4) is 28.8 Å². The van der Waals surface area contributed by atoms with Crippen LogP contribution in [0.4, 0.5) is 0 Å². The summed E-state index contributed by atoms with van der Waals surface area (Å²) in [6.45, 7) is 5.55. The van der Waals surface area contributed by atoms with Crippen molar-refractivity contribution < 1.29 is 9.63 Å². The third kappa shape index (κ3) is 2.34. The maximum Gasteiger partial charge on any atom is 0.157 e. The largest absolute Gasteiger partial charge is 0.508 e. The van der Waals surface area contributed by atoms with Gasteiger partial charge < -0.3 is 9.63 Å². The third-order valence-corrected chi connectivity index (χ3v) is 4.78. The first-order chi connectivity index (χ1) is 11.0. The number of aromatic nitrogens is 2. The highest BCUT2D eigenvalue weighted by molar-refractivity contribution is 9.10.